The largest absolute Gasteiger partial charge is 0.481 e. The molecule has 9 N–H and O–H groups in total. The van der Waals surface area contributed by atoms with Gasteiger partial charge in [-0.15, -0.1) is 0 Å². The third kappa shape index (κ3) is 28.2. The number of carbonyl (C=O) groups excluding carboxylic acids is 8. The van der Waals surface area contributed by atoms with Crippen LogP contribution in [0.3, 0.4) is 0 Å². The number of amides is 5. The highest BCUT2D eigenvalue weighted by Gasteiger charge is 2.31. The van der Waals surface area contributed by atoms with Crippen molar-refractivity contribution in [3.8, 4) is 0 Å². The van der Waals surface area contributed by atoms with E-state index in [9.17, 15) is 53.1 Å². The number of thiocarbonyl (C=S) groups is 1. The molecule has 0 aliphatic rings. The molecule has 5 amide bonds. The molecule has 5 unspecified atom stereocenters. The van der Waals surface area contributed by atoms with Gasteiger partial charge in [0.1, 0.15) is 37.0 Å². The van der Waals surface area contributed by atoms with Crippen LogP contribution in [0.1, 0.15) is 70.4 Å². The number of aliphatic carboxylic acids is 2. The van der Waals surface area contributed by atoms with E-state index < -0.39 is 53.7 Å². The van der Waals surface area contributed by atoms with Crippen molar-refractivity contribution in [2.24, 2.45) is 0 Å². The molecule has 0 radical (unpaired) electrons. The molecule has 73 heavy (non-hydrogen) atoms. The second kappa shape index (κ2) is 36.3. The highest BCUT2D eigenvalue weighted by Crippen LogP contribution is 2.09. The third-order valence-electron chi connectivity index (χ3n) is 11.5. The molecule has 0 aliphatic carbocycles. The molecule has 402 valence electrons. The van der Waals surface area contributed by atoms with Gasteiger partial charge in [-0.25, -0.2) is 4.79 Å². The lowest BCUT2D eigenvalue weighted by Crippen LogP contribution is -2.57. The summed E-state index contributed by atoms with van der Waals surface area (Å²) in [6.45, 7) is 8.00. The maximum atomic E-state index is 14.2. The number of likely N-dealkylation sites (N-methyl/N-ethyl adjacent to an activating group) is 1. The van der Waals surface area contributed by atoms with Crippen LogP contribution in [-0.2, 0) is 60.8 Å². The van der Waals surface area contributed by atoms with Gasteiger partial charge in [-0.05, 0) is 63.0 Å². The molecule has 0 heterocycles. The van der Waals surface area contributed by atoms with E-state index in [1.165, 1.54) is 0 Å². The minimum atomic E-state index is -1.53. The Hall–Kier alpha value is -6.69. The summed E-state index contributed by atoms with van der Waals surface area (Å²) in [6.07, 6.45) is 2.49. The number of hydrogen-bond acceptors (Lipinski definition) is 14. The van der Waals surface area contributed by atoms with Crippen molar-refractivity contribution in [1.82, 2.24) is 51.9 Å². The molecule has 5 atom stereocenters. The SMILES string of the molecule is CCN(CCN(CC=O)CC=O)CCN(CC=O)CC(=O)NC(Cc1ccccc1)C(=O)NC(Cc1ccccc1)C(=O)NC(CCC(=O)NCCNC(=O)CCC(C)NC(=S)NC(C)CCC(=O)O)C(=O)O. The van der Waals surface area contributed by atoms with Crippen molar-refractivity contribution in [1.29, 1.82) is 0 Å². The lowest BCUT2D eigenvalue weighted by Gasteiger charge is -2.28. The highest BCUT2D eigenvalue weighted by molar-refractivity contribution is 7.80. The second-order valence-corrected chi connectivity index (χ2v) is 17.9. The fourth-order valence-electron chi connectivity index (χ4n) is 7.34. The first-order valence-corrected chi connectivity index (χ1v) is 24.9. The molecule has 0 aromatic heterocycles. The molecule has 0 bridgehead atoms. The molecule has 0 fully saturated rings. The summed E-state index contributed by atoms with van der Waals surface area (Å²) in [5.74, 6) is -5.26. The van der Waals surface area contributed by atoms with Crippen LogP contribution in [0.2, 0.25) is 0 Å². The number of carboxylic acids is 2. The van der Waals surface area contributed by atoms with Gasteiger partial charge in [0.2, 0.25) is 29.5 Å². The summed E-state index contributed by atoms with van der Waals surface area (Å²) in [7, 11) is 0. The first-order valence-electron chi connectivity index (χ1n) is 24.5. The van der Waals surface area contributed by atoms with E-state index in [1.54, 1.807) is 70.5 Å². The van der Waals surface area contributed by atoms with E-state index in [-0.39, 0.29) is 95.8 Å². The Balaban J connectivity index is 2.05. The summed E-state index contributed by atoms with van der Waals surface area (Å²) in [4.78, 5) is 129. The Morgan fingerprint density at radius 1 is 0.548 bits per heavy atom. The number of nitrogens with zero attached hydrogens (tertiary/aromatic N) is 3. The van der Waals surface area contributed by atoms with Gasteiger partial charge in [-0.2, -0.15) is 0 Å². The molecule has 22 nitrogen and oxygen atoms in total. The standard InChI is InChI=1S/C50H74N10O12S/c1-4-58(23-25-59(27-30-61)28-31-62)24-26-60(29-32-63)35-45(66)55-41(33-38-11-7-5-8-12-38)47(69)57-42(34-39-13-9-6-10-14-39)48(70)56-40(49(71)72)17-19-44(65)52-22-21-51-43(64)18-15-36(2)53-50(73)54-37(3)16-20-46(67)68/h5-14,30-32,36-37,40-42H,4,15-29,33-35H2,1-3H3,(H,51,64)(H,52,65)(H,55,66)(H,56,70)(H,57,69)(H,67,68)(H,71,72)(H2,53,54,73). The summed E-state index contributed by atoms with van der Waals surface area (Å²) in [6, 6.07) is 13.2. The third-order valence-corrected chi connectivity index (χ3v) is 11.8. The van der Waals surface area contributed by atoms with Gasteiger partial charge in [0.25, 0.3) is 0 Å². The Bertz CT molecular complexity index is 2060. The fourth-order valence-corrected chi connectivity index (χ4v) is 7.74. The van der Waals surface area contributed by atoms with Crippen molar-refractivity contribution in [3.05, 3.63) is 71.8 Å². The maximum absolute atomic E-state index is 14.2. The molecule has 2 rings (SSSR count). The van der Waals surface area contributed by atoms with Crippen LogP contribution in [-0.4, -0.2) is 193 Å². The quantitative estimate of drug-likeness (QED) is 0.0230. The Morgan fingerprint density at radius 3 is 1.44 bits per heavy atom. The monoisotopic (exact) mass is 1040 g/mol. The van der Waals surface area contributed by atoms with Gasteiger partial charge < -0.3 is 66.7 Å². The first kappa shape index (κ1) is 62.4. The van der Waals surface area contributed by atoms with Crippen LogP contribution < -0.4 is 37.2 Å². The zero-order valence-electron chi connectivity index (χ0n) is 42.1. The molecular weight excluding hydrogens is 965 g/mol. The van der Waals surface area contributed by atoms with Gasteiger partial charge in [-0.3, -0.25) is 38.6 Å². The lowest BCUT2D eigenvalue weighted by molar-refractivity contribution is -0.142. The first-order chi connectivity index (χ1) is 35.0. The van der Waals surface area contributed by atoms with E-state index in [0.717, 1.165) is 12.6 Å². The second-order valence-electron chi connectivity index (χ2n) is 17.5. The van der Waals surface area contributed by atoms with Gasteiger partial charge in [0.05, 0.1) is 26.2 Å². The van der Waals surface area contributed by atoms with Crippen LogP contribution in [0.5, 0.6) is 0 Å². The normalized spacial score (nSPS) is 13.1. The average Bonchev–Trinajstić information content (AvgIpc) is 3.35. The van der Waals surface area contributed by atoms with Crippen molar-refractivity contribution in [3.63, 3.8) is 0 Å². The van der Waals surface area contributed by atoms with Gasteiger partial charge in [0.15, 0.2) is 5.11 Å². The Kier molecular flexibility index (Phi) is 31.0. The summed E-state index contributed by atoms with van der Waals surface area (Å²) in [5.41, 5.74) is 1.33. The number of aldehydes is 3. The smallest absolute Gasteiger partial charge is 0.326 e. The molecule has 2 aromatic carbocycles. The van der Waals surface area contributed by atoms with E-state index in [2.05, 4.69) is 42.1 Å². The maximum Gasteiger partial charge on any atom is 0.326 e. The van der Waals surface area contributed by atoms with E-state index in [0.29, 0.717) is 68.1 Å². The molecule has 0 aliphatic heterocycles. The highest BCUT2D eigenvalue weighted by atomic mass is 32.1. The molecule has 0 saturated heterocycles. The predicted octanol–water partition coefficient (Wildman–Crippen LogP) is -0.568. The summed E-state index contributed by atoms with van der Waals surface area (Å²) >= 11 is 5.27. The molecule has 0 saturated carbocycles. The summed E-state index contributed by atoms with van der Waals surface area (Å²) < 4.78 is 0. The van der Waals surface area contributed by atoms with Crippen LogP contribution in [0, 0.1) is 0 Å². The van der Waals surface area contributed by atoms with Crippen molar-refractivity contribution in [2.75, 3.05) is 72.0 Å². The van der Waals surface area contributed by atoms with Crippen LogP contribution >= 0.6 is 12.2 Å². The molecule has 0 spiro atoms. The predicted molar refractivity (Wildman–Crippen MR) is 276 cm³/mol. The van der Waals surface area contributed by atoms with E-state index >= 15 is 0 Å². The number of nitrogens with one attached hydrogen (secondary N) is 7. The van der Waals surface area contributed by atoms with Crippen molar-refractivity contribution in [2.45, 2.75) is 102 Å². The molecule has 2 aromatic rings. The van der Waals surface area contributed by atoms with Gasteiger partial charge in [0, 0.05) is 83.5 Å². The van der Waals surface area contributed by atoms with Gasteiger partial charge >= 0.3 is 11.9 Å². The van der Waals surface area contributed by atoms with Crippen molar-refractivity contribution < 1.29 is 58.2 Å². The Morgan fingerprint density at radius 2 is 0.973 bits per heavy atom. The van der Waals surface area contributed by atoms with E-state index in [1.807, 2.05) is 20.8 Å². The van der Waals surface area contributed by atoms with Crippen molar-refractivity contribution >= 4 is 77.7 Å². The number of carbonyl (C=O) groups is 10. The minimum Gasteiger partial charge on any atom is -0.481 e. The van der Waals surface area contributed by atoms with Gasteiger partial charge in [-0.1, -0.05) is 67.6 Å². The Labute approximate surface area is 432 Å². The zero-order valence-corrected chi connectivity index (χ0v) is 42.9. The number of benzene rings is 2. The zero-order chi connectivity index (χ0) is 54.0. The summed E-state index contributed by atoms with van der Waals surface area (Å²) in [5, 5.41) is 38.7. The fraction of sp³-hybridized carbons (Fsp3) is 0.540. The van der Waals surface area contributed by atoms with Crippen LogP contribution in [0.15, 0.2) is 60.7 Å². The lowest BCUT2D eigenvalue weighted by atomic mass is 10.0. The average molecular weight is 1040 g/mol. The molecule has 23 heteroatoms. The topological polar surface area (TPSA) is 305 Å². The number of hydrogen-bond donors (Lipinski definition) is 9. The minimum absolute atomic E-state index is 0.00396. The molecular formula is C50H74N10O12S. The van der Waals surface area contributed by atoms with Crippen LogP contribution in [0.25, 0.3) is 0 Å². The van der Waals surface area contributed by atoms with Crippen LogP contribution in [0.4, 0.5) is 0 Å². The van der Waals surface area contributed by atoms with E-state index in [4.69, 9.17) is 17.3 Å². The number of carboxylic acid groups (broad SMARTS) is 2. The number of rotatable bonds is 39.